The number of ether oxygens (including phenoxy) is 3. The summed E-state index contributed by atoms with van der Waals surface area (Å²) >= 11 is 0. The molecule has 1 heterocycles. The van der Waals surface area contributed by atoms with Gasteiger partial charge >= 0.3 is 6.03 Å². The van der Waals surface area contributed by atoms with E-state index in [0.29, 0.717) is 32.8 Å². The molecule has 3 rings (SSSR count). The number of nitrogens with zero attached hydrogens (tertiary/aromatic N) is 3. The average molecular weight is 465 g/mol. The van der Waals surface area contributed by atoms with Gasteiger partial charge in [0.25, 0.3) is 11.6 Å². The Kier molecular flexibility index (Phi) is 8.70. The predicted molar refractivity (Wildman–Crippen MR) is 120 cm³/mol. The molecule has 0 bridgehead atoms. The van der Waals surface area contributed by atoms with Crippen molar-refractivity contribution in [1.29, 1.82) is 0 Å². The number of rotatable bonds is 8. The zero-order valence-electron chi connectivity index (χ0n) is 19.2. The first-order chi connectivity index (χ1) is 15.9. The van der Waals surface area contributed by atoms with Crippen LogP contribution in [0.1, 0.15) is 42.5 Å². The number of hydrogen-bond acceptors (Lipinski definition) is 7. The molecule has 182 valence electrons. The van der Waals surface area contributed by atoms with Gasteiger partial charge in [-0.05, 0) is 12.8 Å². The zero-order chi connectivity index (χ0) is 23.8. The van der Waals surface area contributed by atoms with Crippen LogP contribution in [-0.4, -0.2) is 86.3 Å². The highest BCUT2D eigenvalue weighted by molar-refractivity contribution is 5.99. The minimum Gasteiger partial charge on any atom is -0.493 e. The van der Waals surface area contributed by atoms with Gasteiger partial charge in [0.15, 0.2) is 11.5 Å². The van der Waals surface area contributed by atoms with Crippen LogP contribution in [0, 0.1) is 10.1 Å². The number of nitro benzene ring substituents is 1. The number of amides is 3. The van der Waals surface area contributed by atoms with Crippen LogP contribution in [-0.2, 0) is 4.74 Å². The van der Waals surface area contributed by atoms with Gasteiger partial charge < -0.3 is 29.3 Å². The van der Waals surface area contributed by atoms with Gasteiger partial charge in [-0.25, -0.2) is 4.79 Å². The molecule has 2 aliphatic rings. The third-order valence-electron chi connectivity index (χ3n) is 6.04. The lowest BCUT2D eigenvalue weighted by Crippen LogP contribution is -2.54. The highest BCUT2D eigenvalue weighted by Gasteiger charge is 2.31. The summed E-state index contributed by atoms with van der Waals surface area (Å²) in [7, 11) is 2.92. The summed E-state index contributed by atoms with van der Waals surface area (Å²) in [4.78, 5) is 40.0. The Morgan fingerprint density at radius 2 is 1.70 bits per heavy atom. The van der Waals surface area contributed by atoms with Gasteiger partial charge in [-0.3, -0.25) is 14.9 Å². The first-order valence-corrected chi connectivity index (χ1v) is 11.3. The van der Waals surface area contributed by atoms with Crippen molar-refractivity contribution in [2.75, 3.05) is 53.6 Å². The SMILES string of the molecule is COCCOc1cc([N+](=O)[O-])c(C(=O)N2CCN(C(=O)NC3CCCCC3)CC2)cc1OC. The Morgan fingerprint density at radius 1 is 1.03 bits per heavy atom. The van der Waals surface area contributed by atoms with E-state index in [1.807, 2.05) is 0 Å². The molecule has 1 saturated heterocycles. The molecule has 1 aromatic rings. The van der Waals surface area contributed by atoms with E-state index in [9.17, 15) is 19.7 Å². The Balaban J connectivity index is 1.66. The molecule has 11 heteroatoms. The highest BCUT2D eigenvalue weighted by Crippen LogP contribution is 2.35. The largest absolute Gasteiger partial charge is 0.493 e. The van der Waals surface area contributed by atoms with Crippen LogP contribution >= 0.6 is 0 Å². The number of carbonyl (C=O) groups is 2. The van der Waals surface area contributed by atoms with E-state index in [2.05, 4.69) is 5.32 Å². The molecule has 0 spiro atoms. The number of benzene rings is 1. The summed E-state index contributed by atoms with van der Waals surface area (Å²) in [6.07, 6.45) is 5.48. The van der Waals surface area contributed by atoms with Gasteiger partial charge in [0, 0.05) is 45.4 Å². The molecule has 1 saturated carbocycles. The fraction of sp³-hybridized carbons (Fsp3) is 0.636. The lowest BCUT2D eigenvalue weighted by atomic mass is 9.96. The Hall–Kier alpha value is -3.08. The van der Waals surface area contributed by atoms with E-state index in [1.165, 1.54) is 37.7 Å². The second-order valence-electron chi connectivity index (χ2n) is 8.18. The molecule has 11 nitrogen and oxygen atoms in total. The fourth-order valence-corrected chi connectivity index (χ4v) is 4.17. The van der Waals surface area contributed by atoms with Gasteiger partial charge in [-0.15, -0.1) is 0 Å². The molecule has 1 aromatic carbocycles. The fourth-order valence-electron chi connectivity index (χ4n) is 4.17. The van der Waals surface area contributed by atoms with Crippen molar-refractivity contribution >= 4 is 17.6 Å². The third kappa shape index (κ3) is 6.25. The summed E-state index contributed by atoms with van der Waals surface area (Å²) in [5.74, 6) is -0.0802. The summed E-state index contributed by atoms with van der Waals surface area (Å²) in [6, 6.07) is 2.64. The maximum atomic E-state index is 13.1. The number of carbonyl (C=O) groups excluding carboxylic acids is 2. The topological polar surface area (TPSA) is 123 Å². The van der Waals surface area contributed by atoms with Crippen LogP contribution < -0.4 is 14.8 Å². The van der Waals surface area contributed by atoms with Crippen LogP contribution in [0.4, 0.5) is 10.5 Å². The van der Waals surface area contributed by atoms with Gasteiger partial charge in [0.1, 0.15) is 12.2 Å². The molecule has 1 aliphatic carbocycles. The normalized spacial score (nSPS) is 16.9. The van der Waals surface area contributed by atoms with Crippen molar-refractivity contribution in [3.05, 3.63) is 27.8 Å². The van der Waals surface area contributed by atoms with Crippen molar-refractivity contribution in [3.63, 3.8) is 0 Å². The van der Waals surface area contributed by atoms with Crippen LogP contribution in [0.2, 0.25) is 0 Å². The van der Waals surface area contributed by atoms with E-state index >= 15 is 0 Å². The Bertz CT molecular complexity index is 849. The number of nitro groups is 1. The van der Waals surface area contributed by atoms with Crippen LogP contribution in [0.15, 0.2) is 12.1 Å². The standard InChI is InChI=1S/C22H32N4O7/c1-31-12-13-33-20-15-18(26(29)30)17(14-19(20)32-2)21(27)24-8-10-25(11-9-24)22(28)23-16-6-4-3-5-7-16/h14-16H,3-13H2,1-2H3,(H,23,28). The average Bonchev–Trinajstić information content (AvgIpc) is 2.84. The third-order valence-corrected chi connectivity index (χ3v) is 6.04. The molecule has 33 heavy (non-hydrogen) atoms. The number of methoxy groups -OCH3 is 2. The maximum absolute atomic E-state index is 13.1. The second kappa shape index (κ2) is 11.7. The second-order valence-corrected chi connectivity index (χ2v) is 8.18. The van der Waals surface area contributed by atoms with Crippen LogP contribution in [0.5, 0.6) is 11.5 Å². The summed E-state index contributed by atoms with van der Waals surface area (Å²) in [5, 5.41) is 14.8. The number of urea groups is 1. The van der Waals surface area contributed by atoms with Crippen molar-refractivity contribution < 1.29 is 28.7 Å². The number of nitrogens with one attached hydrogen (secondary N) is 1. The predicted octanol–water partition coefficient (Wildman–Crippen LogP) is 2.43. The van der Waals surface area contributed by atoms with Gasteiger partial charge in [0.2, 0.25) is 0 Å². The van der Waals surface area contributed by atoms with Crippen molar-refractivity contribution in [2.45, 2.75) is 38.1 Å². The molecule has 0 unspecified atom stereocenters. The zero-order valence-corrected chi connectivity index (χ0v) is 19.2. The Labute approximate surface area is 193 Å². The summed E-state index contributed by atoms with van der Waals surface area (Å²) in [5.41, 5.74) is -0.429. The quantitative estimate of drug-likeness (QED) is 0.356. The van der Waals surface area contributed by atoms with E-state index in [0.717, 1.165) is 25.7 Å². The first-order valence-electron chi connectivity index (χ1n) is 11.3. The highest BCUT2D eigenvalue weighted by atomic mass is 16.6. The van der Waals surface area contributed by atoms with Crippen molar-refractivity contribution in [3.8, 4) is 11.5 Å². The molecule has 0 radical (unpaired) electrons. The van der Waals surface area contributed by atoms with Gasteiger partial charge in [0.05, 0.1) is 24.7 Å². The Morgan fingerprint density at radius 3 is 2.30 bits per heavy atom. The molecule has 3 amide bonds. The lowest BCUT2D eigenvalue weighted by molar-refractivity contribution is -0.385. The molecule has 2 fully saturated rings. The number of hydrogen-bond donors (Lipinski definition) is 1. The molecule has 1 N–H and O–H groups in total. The minimum absolute atomic E-state index is 0.0731. The molecule has 0 aromatic heterocycles. The van der Waals surface area contributed by atoms with Crippen molar-refractivity contribution in [1.82, 2.24) is 15.1 Å². The monoisotopic (exact) mass is 464 g/mol. The summed E-state index contributed by atoms with van der Waals surface area (Å²) < 4.78 is 15.7. The van der Waals surface area contributed by atoms with Crippen molar-refractivity contribution in [2.24, 2.45) is 0 Å². The number of piperazine rings is 1. The van der Waals surface area contributed by atoms with E-state index in [-0.39, 0.29) is 41.4 Å². The lowest BCUT2D eigenvalue weighted by Gasteiger charge is -2.36. The maximum Gasteiger partial charge on any atom is 0.317 e. The van der Waals surface area contributed by atoms with Gasteiger partial charge in [-0.2, -0.15) is 0 Å². The van der Waals surface area contributed by atoms with E-state index in [1.54, 1.807) is 4.90 Å². The smallest absolute Gasteiger partial charge is 0.317 e. The molecule has 0 atom stereocenters. The molecular weight excluding hydrogens is 432 g/mol. The van der Waals surface area contributed by atoms with Gasteiger partial charge in [-0.1, -0.05) is 19.3 Å². The van der Waals surface area contributed by atoms with E-state index < -0.39 is 10.8 Å². The molecular formula is C22H32N4O7. The van der Waals surface area contributed by atoms with E-state index in [4.69, 9.17) is 14.2 Å². The van der Waals surface area contributed by atoms with Crippen LogP contribution in [0.25, 0.3) is 0 Å². The van der Waals surface area contributed by atoms with Crippen LogP contribution in [0.3, 0.4) is 0 Å². The molecule has 1 aliphatic heterocycles. The minimum atomic E-state index is -0.607. The first kappa shape index (κ1) is 24.6. The summed E-state index contributed by atoms with van der Waals surface area (Å²) in [6.45, 7) is 1.81.